The number of rotatable bonds is 3. The van der Waals surface area contributed by atoms with Crippen molar-refractivity contribution < 1.29 is 0 Å². The molecule has 0 aromatic carbocycles. The molecule has 0 aliphatic rings. The molecule has 2 rings (SSSR count). The molecular weight excluding hydrogens is 294 g/mol. The van der Waals surface area contributed by atoms with Crippen LogP contribution in [-0.2, 0) is 6.54 Å². The number of halogens is 1. The molecule has 0 radical (unpaired) electrons. The van der Waals surface area contributed by atoms with Crippen molar-refractivity contribution in [2.75, 3.05) is 0 Å². The zero-order valence-electron chi connectivity index (χ0n) is 10.3. The second-order valence-electron chi connectivity index (χ2n) is 4.47. The van der Waals surface area contributed by atoms with Gasteiger partial charge in [0.05, 0.1) is 12.0 Å². The smallest absolute Gasteiger partial charge is 0.268 e. The summed E-state index contributed by atoms with van der Waals surface area (Å²) >= 11 is 3.32. The Kier molecular flexibility index (Phi) is 3.91. The van der Waals surface area contributed by atoms with Crippen LogP contribution >= 0.6 is 15.9 Å². The lowest BCUT2D eigenvalue weighted by molar-refractivity contribution is 0.504. The van der Waals surface area contributed by atoms with E-state index in [2.05, 4.69) is 39.7 Å². The molecule has 5 heteroatoms. The van der Waals surface area contributed by atoms with Crippen LogP contribution in [-0.4, -0.2) is 14.5 Å². The van der Waals surface area contributed by atoms with Gasteiger partial charge in [0.1, 0.15) is 10.2 Å². The molecule has 18 heavy (non-hydrogen) atoms. The van der Waals surface area contributed by atoms with Gasteiger partial charge in [0, 0.05) is 12.7 Å². The maximum atomic E-state index is 12.1. The summed E-state index contributed by atoms with van der Waals surface area (Å²) in [6.07, 6.45) is 3.26. The summed E-state index contributed by atoms with van der Waals surface area (Å²) in [7, 11) is 0. The first-order chi connectivity index (χ1) is 8.59. The predicted octanol–water partition coefficient (Wildman–Crippen LogP) is 2.72. The molecule has 4 nitrogen and oxygen atoms in total. The van der Waals surface area contributed by atoms with Gasteiger partial charge in [-0.3, -0.25) is 14.3 Å². The van der Waals surface area contributed by atoms with Crippen molar-refractivity contribution in [2.24, 2.45) is 5.92 Å². The molecule has 0 saturated carbocycles. The second-order valence-corrected chi connectivity index (χ2v) is 5.27. The van der Waals surface area contributed by atoms with Gasteiger partial charge in [-0.1, -0.05) is 19.9 Å². The Bertz CT molecular complexity index is 593. The lowest BCUT2D eigenvalue weighted by atomic mass is 10.2. The van der Waals surface area contributed by atoms with Crippen LogP contribution < -0.4 is 5.56 Å². The fourth-order valence-electron chi connectivity index (χ4n) is 1.67. The average Bonchev–Trinajstić information content (AvgIpc) is 2.36. The number of hydrogen-bond acceptors (Lipinski definition) is 3. The Morgan fingerprint density at radius 1 is 1.33 bits per heavy atom. The number of aromatic nitrogens is 3. The zero-order chi connectivity index (χ0) is 13.1. The lowest BCUT2D eigenvalue weighted by Crippen LogP contribution is -2.24. The standard InChI is InChI=1S/C13H14BrN3O/c1-9(2)7-17-8-16-12(11(14)13(17)18)10-5-3-4-6-15-10/h3-6,8-9H,7H2,1-2H3. The van der Waals surface area contributed by atoms with Gasteiger partial charge in [0.2, 0.25) is 0 Å². The summed E-state index contributed by atoms with van der Waals surface area (Å²) in [6, 6.07) is 5.53. The fraction of sp³-hybridized carbons (Fsp3) is 0.308. The molecule has 2 aromatic heterocycles. The van der Waals surface area contributed by atoms with Crippen LogP contribution in [0.5, 0.6) is 0 Å². The molecule has 0 unspecified atom stereocenters. The van der Waals surface area contributed by atoms with Crippen LogP contribution in [0.2, 0.25) is 0 Å². The van der Waals surface area contributed by atoms with Gasteiger partial charge in [-0.2, -0.15) is 0 Å². The second kappa shape index (κ2) is 5.44. The number of hydrogen-bond donors (Lipinski definition) is 0. The van der Waals surface area contributed by atoms with E-state index in [1.54, 1.807) is 17.1 Å². The van der Waals surface area contributed by atoms with Crippen molar-refractivity contribution in [3.8, 4) is 11.4 Å². The minimum absolute atomic E-state index is 0.0700. The van der Waals surface area contributed by atoms with Crippen LogP contribution in [0.1, 0.15) is 13.8 Å². The first-order valence-electron chi connectivity index (χ1n) is 5.76. The molecule has 94 valence electrons. The SMILES string of the molecule is CC(C)Cn1cnc(-c2ccccn2)c(Br)c1=O. The quantitative estimate of drug-likeness (QED) is 0.876. The average molecular weight is 308 g/mol. The maximum absolute atomic E-state index is 12.1. The van der Waals surface area contributed by atoms with E-state index in [9.17, 15) is 4.79 Å². The Hall–Kier alpha value is -1.49. The number of nitrogens with zero attached hydrogens (tertiary/aromatic N) is 3. The van der Waals surface area contributed by atoms with E-state index < -0.39 is 0 Å². The normalized spacial score (nSPS) is 10.9. The van der Waals surface area contributed by atoms with E-state index in [1.807, 2.05) is 18.2 Å². The van der Waals surface area contributed by atoms with Gasteiger partial charge in [-0.15, -0.1) is 0 Å². The molecule has 0 amide bonds. The molecule has 0 aliphatic heterocycles. The van der Waals surface area contributed by atoms with Crippen LogP contribution in [0.25, 0.3) is 11.4 Å². The summed E-state index contributed by atoms with van der Waals surface area (Å²) in [4.78, 5) is 20.7. The summed E-state index contributed by atoms with van der Waals surface area (Å²) in [6.45, 7) is 4.78. The summed E-state index contributed by atoms with van der Waals surface area (Å²) in [5.74, 6) is 0.400. The monoisotopic (exact) mass is 307 g/mol. The third-order valence-corrected chi connectivity index (χ3v) is 3.17. The van der Waals surface area contributed by atoms with Gasteiger partial charge in [-0.05, 0) is 34.0 Å². The molecular formula is C13H14BrN3O. The zero-order valence-corrected chi connectivity index (χ0v) is 11.9. The molecule has 2 aromatic rings. The number of pyridine rings is 1. The molecule has 0 N–H and O–H groups in total. The largest absolute Gasteiger partial charge is 0.298 e. The topological polar surface area (TPSA) is 47.8 Å². The minimum atomic E-state index is -0.0700. The predicted molar refractivity (Wildman–Crippen MR) is 74.3 cm³/mol. The van der Waals surface area contributed by atoms with E-state index >= 15 is 0 Å². The minimum Gasteiger partial charge on any atom is -0.298 e. The van der Waals surface area contributed by atoms with E-state index in [4.69, 9.17) is 0 Å². The van der Waals surface area contributed by atoms with Crippen molar-refractivity contribution in [3.05, 3.63) is 45.5 Å². The van der Waals surface area contributed by atoms with Crippen molar-refractivity contribution in [3.63, 3.8) is 0 Å². The summed E-state index contributed by atoms with van der Waals surface area (Å²) in [5.41, 5.74) is 1.21. The summed E-state index contributed by atoms with van der Waals surface area (Å²) < 4.78 is 2.07. The summed E-state index contributed by atoms with van der Waals surface area (Å²) in [5, 5.41) is 0. The van der Waals surface area contributed by atoms with Crippen LogP contribution in [0.3, 0.4) is 0 Å². The van der Waals surface area contributed by atoms with Gasteiger partial charge >= 0.3 is 0 Å². The molecule has 0 saturated heterocycles. The van der Waals surface area contributed by atoms with Gasteiger partial charge in [0.15, 0.2) is 0 Å². The molecule has 0 fully saturated rings. The highest BCUT2D eigenvalue weighted by Gasteiger charge is 2.12. The van der Waals surface area contributed by atoms with Crippen LogP contribution in [0.4, 0.5) is 0 Å². The van der Waals surface area contributed by atoms with E-state index in [1.165, 1.54) is 0 Å². The van der Waals surface area contributed by atoms with E-state index in [-0.39, 0.29) is 5.56 Å². The highest BCUT2D eigenvalue weighted by molar-refractivity contribution is 9.10. The Morgan fingerprint density at radius 2 is 2.11 bits per heavy atom. The maximum Gasteiger partial charge on any atom is 0.268 e. The molecule has 0 bridgehead atoms. The highest BCUT2D eigenvalue weighted by Crippen LogP contribution is 2.20. The van der Waals surface area contributed by atoms with E-state index in [0.717, 1.165) is 0 Å². The van der Waals surface area contributed by atoms with Gasteiger partial charge < -0.3 is 0 Å². The Balaban J connectivity index is 2.48. The van der Waals surface area contributed by atoms with Crippen molar-refractivity contribution >= 4 is 15.9 Å². The Labute approximate surface area is 114 Å². The third-order valence-electron chi connectivity index (χ3n) is 2.45. The highest BCUT2D eigenvalue weighted by atomic mass is 79.9. The molecule has 0 aliphatic carbocycles. The van der Waals surface area contributed by atoms with Gasteiger partial charge in [0.25, 0.3) is 5.56 Å². The van der Waals surface area contributed by atoms with Crippen molar-refractivity contribution in [1.29, 1.82) is 0 Å². The molecule has 2 heterocycles. The third kappa shape index (κ3) is 2.67. The van der Waals surface area contributed by atoms with Crippen molar-refractivity contribution in [2.45, 2.75) is 20.4 Å². The van der Waals surface area contributed by atoms with E-state index in [0.29, 0.717) is 28.3 Å². The molecule has 0 spiro atoms. The fourth-order valence-corrected chi connectivity index (χ4v) is 2.20. The Morgan fingerprint density at radius 3 is 2.72 bits per heavy atom. The molecule has 0 atom stereocenters. The van der Waals surface area contributed by atoms with Crippen LogP contribution in [0, 0.1) is 5.92 Å². The lowest BCUT2D eigenvalue weighted by Gasteiger charge is -2.10. The first kappa shape index (κ1) is 13.0. The van der Waals surface area contributed by atoms with Crippen molar-refractivity contribution in [1.82, 2.24) is 14.5 Å². The van der Waals surface area contributed by atoms with Crippen LogP contribution in [0.15, 0.2) is 40.0 Å². The first-order valence-corrected chi connectivity index (χ1v) is 6.55. The van der Waals surface area contributed by atoms with Gasteiger partial charge in [-0.25, -0.2) is 4.98 Å².